The van der Waals surface area contributed by atoms with Crippen molar-refractivity contribution >= 4 is 16.0 Å². The van der Waals surface area contributed by atoms with Gasteiger partial charge in [0.05, 0.1) is 4.75 Å². The smallest absolute Gasteiger partial charge is 0.220 e. The van der Waals surface area contributed by atoms with Crippen molar-refractivity contribution in [2.24, 2.45) is 52.3 Å². The van der Waals surface area contributed by atoms with Gasteiger partial charge in [-0.15, -0.1) is 0 Å². The van der Waals surface area contributed by atoms with Gasteiger partial charge in [0.15, 0.2) is 0 Å². The number of hydrogen-bond acceptors (Lipinski definition) is 4. The Bertz CT molecular complexity index is 952. The van der Waals surface area contributed by atoms with E-state index in [-0.39, 0.29) is 18.0 Å². The van der Waals surface area contributed by atoms with Crippen LogP contribution in [0.1, 0.15) is 131 Å². The van der Waals surface area contributed by atoms with Gasteiger partial charge in [-0.1, -0.05) is 40.5 Å². The molecule has 4 saturated carbocycles. The SMILES string of the molecule is CC(CCCNC(=O)CC[C@@H](C)[C@H]1CC[C@H]2[C@@H]3CCC4CCCC[C@]4(C)[C@H]3CC[C@]12C)C(C)(C)S(=O)(=O)[O-].[NH4+]. The van der Waals surface area contributed by atoms with Gasteiger partial charge >= 0.3 is 0 Å². The van der Waals surface area contributed by atoms with Gasteiger partial charge in [-0.25, -0.2) is 8.42 Å². The van der Waals surface area contributed by atoms with Crippen LogP contribution in [0, 0.1) is 52.3 Å². The van der Waals surface area contributed by atoms with Crippen molar-refractivity contribution in [1.29, 1.82) is 0 Å². The van der Waals surface area contributed by atoms with E-state index in [1.807, 2.05) is 6.92 Å². The summed E-state index contributed by atoms with van der Waals surface area (Å²) in [6.45, 7) is 13.0. The normalized spacial score (nSPS) is 38.0. The molecule has 0 aliphatic heterocycles. The zero-order valence-electron chi connectivity index (χ0n) is 26.2. The first kappa shape index (κ1) is 32.8. The lowest BCUT2D eigenvalue weighted by molar-refractivity contribution is -0.122. The van der Waals surface area contributed by atoms with E-state index in [1.54, 1.807) is 0 Å². The molecular formula is C32H60N2O4S. The summed E-state index contributed by atoms with van der Waals surface area (Å²) in [6.07, 6.45) is 17.1. The van der Waals surface area contributed by atoms with Gasteiger partial charge in [-0.3, -0.25) is 4.79 Å². The van der Waals surface area contributed by atoms with E-state index in [9.17, 15) is 17.8 Å². The van der Waals surface area contributed by atoms with Gasteiger partial charge in [-0.2, -0.15) is 0 Å². The van der Waals surface area contributed by atoms with E-state index in [1.165, 1.54) is 78.1 Å². The van der Waals surface area contributed by atoms with Gasteiger partial charge in [0, 0.05) is 13.0 Å². The number of carbonyl (C=O) groups excluding carboxylic acids is 1. The molecular weight excluding hydrogens is 508 g/mol. The first-order chi connectivity index (χ1) is 17.7. The Morgan fingerprint density at radius 3 is 2.33 bits per heavy atom. The lowest BCUT2D eigenvalue weighted by atomic mass is 9.44. The molecule has 7 heteroatoms. The lowest BCUT2D eigenvalue weighted by Gasteiger charge is -2.61. The summed E-state index contributed by atoms with van der Waals surface area (Å²) in [5, 5.41) is 3.04. The Morgan fingerprint density at radius 1 is 0.949 bits per heavy atom. The molecule has 0 bridgehead atoms. The molecule has 4 fully saturated rings. The van der Waals surface area contributed by atoms with Crippen LogP contribution in [-0.4, -0.2) is 30.2 Å². The third-order valence-electron chi connectivity index (χ3n) is 13.1. The Balaban J connectivity index is 0.00000420. The lowest BCUT2D eigenvalue weighted by Crippen LogP contribution is -2.53. The summed E-state index contributed by atoms with van der Waals surface area (Å²) < 4.78 is 33.3. The molecule has 1 amide bonds. The third kappa shape index (κ3) is 6.26. The summed E-state index contributed by atoms with van der Waals surface area (Å²) in [5.74, 6) is 4.89. The maximum Gasteiger partial charge on any atom is 0.220 e. The second-order valence-electron chi connectivity index (χ2n) is 15.1. The Kier molecular flexibility index (Phi) is 10.4. The van der Waals surface area contributed by atoms with Crippen molar-refractivity contribution in [3.63, 3.8) is 0 Å². The summed E-state index contributed by atoms with van der Waals surface area (Å²) in [5.41, 5.74) is 1.04. The van der Waals surface area contributed by atoms with Crippen LogP contribution in [0.2, 0.25) is 0 Å². The van der Waals surface area contributed by atoms with E-state index in [2.05, 4.69) is 26.1 Å². The van der Waals surface area contributed by atoms with Crippen LogP contribution < -0.4 is 11.5 Å². The molecule has 39 heavy (non-hydrogen) atoms. The van der Waals surface area contributed by atoms with Gasteiger partial charge in [0.2, 0.25) is 5.91 Å². The van der Waals surface area contributed by atoms with Crippen LogP contribution in [0.4, 0.5) is 0 Å². The number of fused-ring (bicyclic) bond motifs is 5. The van der Waals surface area contributed by atoms with E-state index < -0.39 is 14.9 Å². The number of carbonyl (C=O) groups is 1. The topological polar surface area (TPSA) is 123 Å². The molecule has 0 heterocycles. The summed E-state index contributed by atoms with van der Waals surface area (Å²) in [4.78, 5) is 12.6. The zero-order chi connectivity index (χ0) is 27.9. The molecule has 0 saturated heterocycles. The standard InChI is InChI=1S/C32H57NO4S.H3N/c1-22(12-17-29(34)33-21-9-10-23(2)30(3,4)38(35,36)37)26-15-16-27-25-14-13-24-11-7-8-19-31(24,5)28(25)18-20-32(26,27)6;/h22-28H,7-21H2,1-6H3,(H,33,34)(H,35,36,37);1H3/t22-,23?,24?,25+,26-,27+,28+,31+,32-;/m1./s1. The molecule has 5 N–H and O–H groups in total. The molecule has 4 aliphatic carbocycles. The van der Waals surface area contributed by atoms with E-state index >= 15 is 0 Å². The number of hydrogen-bond donors (Lipinski definition) is 2. The van der Waals surface area contributed by atoms with E-state index in [4.69, 9.17) is 0 Å². The minimum absolute atomic E-state index is 0. The third-order valence-corrected chi connectivity index (χ3v) is 14.8. The van der Waals surface area contributed by atoms with Gasteiger partial charge in [-0.05, 0) is 137 Å². The fraction of sp³-hybridized carbons (Fsp3) is 0.969. The van der Waals surface area contributed by atoms with Crippen LogP contribution in [0.25, 0.3) is 0 Å². The second kappa shape index (κ2) is 12.3. The fourth-order valence-corrected chi connectivity index (χ4v) is 10.8. The number of nitrogens with one attached hydrogen (secondary N) is 1. The molecule has 0 aromatic carbocycles. The summed E-state index contributed by atoms with van der Waals surface area (Å²) in [6, 6.07) is 0. The molecule has 4 aliphatic rings. The first-order valence-electron chi connectivity index (χ1n) is 15.9. The Morgan fingerprint density at radius 2 is 1.64 bits per heavy atom. The van der Waals surface area contributed by atoms with Crippen molar-refractivity contribution in [1.82, 2.24) is 11.5 Å². The van der Waals surface area contributed by atoms with E-state index in [0.717, 1.165) is 36.0 Å². The molecule has 9 atom stereocenters. The van der Waals surface area contributed by atoms with Crippen molar-refractivity contribution in [2.45, 2.75) is 136 Å². The predicted octanol–water partition coefficient (Wildman–Crippen LogP) is 7.68. The summed E-state index contributed by atoms with van der Waals surface area (Å²) in [7, 11) is -4.35. The largest absolute Gasteiger partial charge is 0.748 e. The molecule has 228 valence electrons. The molecule has 0 aromatic rings. The van der Waals surface area contributed by atoms with Crippen molar-refractivity contribution in [3.05, 3.63) is 0 Å². The molecule has 0 aromatic heterocycles. The van der Waals surface area contributed by atoms with Gasteiger partial charge in [0.25, 0.3) is 0 Å². The quantitative estimate of drug-likeness (QED) is 0.207. The highest BCUT2D eigenvalue weighted by atomic mass is 32.2. The molecule has 2 unspecified atom stereocenters. The Labute approximate surface area is 240 Å². The van der Waals surface area contributed by atoms with Crippen molar-refractivity contribution < 1.29 is 17.8 Å². The van der Waals surface area contributed by atoms with Crippen LogP contribution >= 0.6 is 0 Å². The highest BCUT2D eigenvalue weighted by molar-refractivity contribution is 7.87. The van der Waals surface area contributed by atoms with Crippen LogP contribution in [0.15, 0.2) is 0 Å². The van der Waals surface area contributed by atoms with Crippen molar-refractivity contribution in [2.75, 3.05) is 6.54 Å². The second-order valence-corrected chi connectivity index (χ2v) is 17.1. The number of amides is 1. The highest BCUT2D eigenvalue weighted by Gasteiger charge is 2.60. The average Bonchev–Trinajstić information content (AvgIpc) is 3.21. The fourth-order valence-electron chi connectivity index (χ4n) is 10.1. The minimum atomic E-state index is -4.35. The van der Waals surface area contributed by atoms with Gasteiger partial charge < -0.3 is 16.0 Å². The molecule has 4 rings (SSSR count). The summed E-state index contributed by atoms with van der Waals surface area (Å²) >= 11 is 0. The number of quaternary nitrogens is 1. The monoisotopic (exact) mass is 568 g/mol. The molecule has 0 spiro atoms. The highest BCUT2D eigenvalue weighted by Crippen LogP contribution is 2.68. The van der Waals surface area contributed by atoms with Gasteiger partial charge in [0.1, 0.15) is 10.1 Å². The Hall–Kier alpha value is -0.660. The zero-order valence-corrected chi connectivity index (χ0v) is 27.0. The number of rotatable bonds is 10. The maximum absolute atomic E-state index is 12.6. The van der Waals surface area contributed by atoms with Crippen LogP contribution in [0.3, 0.4) is 0 Å². The predicted molar refractivity (Wildman–Crippen MR) is 159 cm³/mol. The molecule has 6 nitrogen and oxygen atoms in total. The van der Waals surface area contributed by atoms with Crippen LogP contribution in [0.5, 0.6) is 0 Å². The van der Waals surface area contributed by atoms with Crippen molar-refractivity contribution in [3.8, 4) is 0 Å². The average molecular weight is 569 g/mol. The van der Waals surface area contributed by atoms with E-state index in [0.29, 0.717) is 42.6 Å². The minimum Gasteiger partial charge on any atom is -0.748 e. The maximum atomic E-state index is 12.6. The molecule has 0 radical (unpaired) electrons. The first-order valence-corrected chi connectivity index (χ1v) is 17.3. The van der Waals surface area contributed by atoms with Crippen LogP contribution in [-0.2, 0) is 14.9 Å².